The van der Waals surface area contributed by atoms with Crippen molar-refractivity contribution in [2.24, 2.45) is 5.92 Å². The summed E-state index contributed by atoms with van der Waals surface area (Å²) in [4.78, 5) is 26.7. The molecule has 1 aliphatic rings. The van der Waals surface area contributed by atoms with Crippen LogP contribution in [0.1, 0.15) is 18.9 Å². The number of alkyl carbamates (subject to hydrolysis) is 1. The van der Waals surface area contributed by atoms with E-state index in [2.05, 4.69) is 17.6 Å². The van der Waals surface area contributed by atoms with Crippen molar-refractivity contribution in [3.63, 3.8) is 0 Å². The Balaban J connectivity index is 1.49. The van der Waals surface area contributed by atoms with Crippen LogP contribution in [0.25, 0.3) is 0 Å². The van der Waals surface area contributed by atoms with Gasteiger partial charge in [0.05, 0.1) is 10.7 Å². The lowest BCUT2D eigenvalue weighted by molar-refractivity contribution is -0.137. The summed E-state index contributed by atoms with van der Waals surface area (Å²) < 4.78 is 5.25. The third kappa shape index (κ3) is 6.12. The minimum Gasteiger partial charge on any atom is -0.445 e. The lowest BCUT2D eigenvalue weighted by Crippen LogP contribution is -2.55. The average Bonchev–Trinajstić information content (AvgIpc) is 2.72. The molecule has 2 aromatic rings. The van der Waals surface area contributed by atoms with Gasteiger partial charge < -0.3 is 20.3 Å². The minimum atomic E-state index is -0.574. The highest BCUT2D eigenvalue weighted by atomic mass is 35.5. The van der Waals surface area contributed by atoms with Crippen LogP contribution in [-0.4, -0.2) is 42.6 Å². The minimum absolute atomic E-state index is 0.0827. The molecule has 0 aliphatic carbocycles. The maximum Gasteiger partial charge on any atom is 0.408 e. The highest BCUT2D eigenvalue weighted by molar-refractivity contribution is 6.33. The Morgan fingerprint density at radius 1 is 1.17 bits per heavy atom. The molecule has 2 aromatic carbocycles. The summed E-state index contributed by atoms with van der Waals surface area (Å²) in [6.45, 7) is 4.03. The number of nitrogens with one attached hydrogen (secondary N) is 2. The van der Waals surface area contributed by atoms with Gasteiger partial charge in [0.25, 0.3) is 0 Å². The number of halogens is 1. The molecule has 6 nitrogen and oxygen atoms in total. The van der Waals surface area contributed by atoms with Crippen LogP contribution in [0.3, 0.4) is 0 Å². The second kappa shape index (κ2) is 10.2. The summed E-state index contributed by atoms with van der Waals surface area (Å²) in [5, 5.41) is 6.62. The van der Waals surface area contributed by atoms with Crippen LogP contribution in [0.2, 0.25) is 5.02 Å². The van der Waals surface area contributed by atoms with Crippen molar-refractivity contribution in [3.05, 3.63) is 65.2 Å². The molecule has 29 heavy (non-hydrogen) atoms. The zero-order chi connectivity index (χ0) is 20.6. The summed E-state index contributed by atoms with van der Waals surface area (Å²) in [6.07, 6.45) is 0.0312. The first-order valence-electron chi connectivity index (χ1n) is 9.77. The monoisotopic (exact) mass is 415 g/mol. The summed E-state index contributed by atoms with van der Waals surface area (Å²) in [6, 6.07) is 16.4. The lowest BCUT2D eigenvalue weighted by atomic mass is 9.95. The fraction of sp³-hybridized carbons (Fsp3) is 0.364. The Labute approximate surface area is 176 Å². The van der Waals surface area contributed by atoms with E-state index < -0.39 is 12.1 Å². The van der Waals surface area contributed by atoms with E-state index in [1.54, 1.807) is 4.90 Å². The number of piperidine rings is 1. The molecule has 0 bridgehead atoms. The number of rotatable bonds is 7. The smallest absolute Gasteiger partial charge is 0.408 e. The second-order valence-electron chi connectivity index (χ2n) is 7.29. The van der Waals surface area contributed by atoms with Gasteiger partial charge in [0.2, 0.25) is 5.91 Å². The molecule has 1 aliphatic heterocycles. The van der Waals surface area contributed by atoms with Gasteiger partial charge in [-0.05, 0) is 30.0 Å². The van der Waals surface area contributed by atoms with E-state index in [0.29, 0.717) is 31.1 Å². The van der Waals surface area contributed by atoms with Crippen molar-refractivity contribution < 1.29 is 14.3 Å². The summed E-state index contributed by atoms with van der Waals surface area (Å²) >= 11 is 6.15. The van der Waals surface area contributed by atoms with Crippen molar-refractivity contribution in [2.45, 2.75) is 26.0 Å². The van der Waals surface area contributed by atoms with E-state index in [1.807, 2.05) is 54.6 Å². The van der Waals surface area contributed by atoms with Gasteiger partial charge in [-0.3, -0.25) is 4.79 Å². The summed E-state index contributed by atoms with van der Waals surface area (Å²) in [7, 11) is 0. The average molecular weight is 416 g/mol. The van der Waals surface area contributed by atoms with Crippen molar-refractivity contribution in [3.8, 4) is 0 Å². The Bertz CT molecular complexity index is 831. The Hall–Kier alpha value is -2.73. The van der Waals surface area contributed by atoms with Crippen molar-refractivity contribution in [1.82, 2.24) is 10.2 Å². The fourth-order valence-electron chi connectivity index (χ4n) is 3.42. The van der Waals surface area contributed by atoms with Gasteiger partial charge in [0.15, 0.2) is 0 Å². The number of benzene rings is 2. The van der Waals surface area contributed by atoms with Crippen LogP contribution >= 0.6 is 11.6 Å². The number of para-hydroxylation sites is 1. The highest BCUT2D eigenvalue weighted by Crippen LogP contribution is 2.21. The van der Waals surface area contributed by atoms with Crippen LogP contribution in [-0.2, 0) is 16.1 Å². The van der Waals surface area contributed by atoms with E-state index in [0.717, 1.165) is 11.3 Å². The third-order valence-electron chi connectivity index (χ3n) is 4.86. The number of ether oxygens (including phenoxy) is 1. The number of likely N-dealkylation sites (tertiary alicyclic amines) is 1. The number of nitrogens with zero attached hydrogens (tertiary/aromatic N) is 1. The molecule has 0 radical (unpaired) electrons. The molecule has 7 heteroatoms. The predicted octanol–water partition coefficient (Wildman–Crippen LogP) is 3.92. The molecule has 1 fully saturated rings. The molecule has 2 N–H and O–H groups in total. The molecule has 2 amide bonds. The van der Waals surface area contributed by atoms with Gasteiger partial charge in [-0.25, -0.2) is 4.79 Å². The number of hydrogen-bond acceptors (Lipinski definition) is 4. The molecule has 154 valence electrons. The first kappa shape index (κ1) is 21.0. The molecule has 1 unspecified atom stereocenters. The van der Waals surface area contributed by atoms with E-state index in [9.17, 15) is 9.59 Å². The molecular weight excluding hydrogens is 390 g/mol. The van der Waals surface area contributed by atoms with E-state index in [4.69, 9.17) is 16.3 Å². The van der Waals surface area contributed by atoms with Gasteiger partial charge in [-0.15, -0.1) is 0 Å². The number of amides is 2. The van der Waals surface area contributed by atoms with Crippen molar-refractivity contribution >= 4 is 29.3 Å². The molecule has 2 atom stereocenters. The molecule has 0 spiro atoms. The van der Waals surface area contributed by atoms with E-state index in [1.165, 1.54) is 0 Å². The molecular formula is C22H26ClN3O3. The lowest BCUT2D eigenvalue weighted by Gasteiger charge is -2.36. The Morgan fingerprint density at radius 3 is 2.66 bits per heavy atom. The molecule has 0 saturated carbocycles. The zero-order valence-electron chi connectivity index (χ0n) is 16.4. The van der Waals surface area contributed by atoms with Gasteiger partial charge >= 0.3 is 6.09 Å². The first-order valence-corrected chi connectivity index (χ1v) is 10.1. The highest BCUT2D eigenvalue weighted by Gasteiger charge is 2.33. The number of hydrogen-bond donors (Lipinski definition) is 2. The van der Waals surface area contributed by atoms with Crippen molar-refractivity contribution in [1.29, 1.82) is 0 Å². The van der Waals surface area contributed by atoms with Crippen LogP contribution in [0.15, 0.2) is 54.6 Å². The molecule has 3 rings (SSSR count). The first-order chi connectivity index (χ1) is 14.0. The van der Waals surface area contributed by atoms with Crippen LogP contribution in [0.4, 0.5) is 10.5 Å². The van der Waals surface area contributed by atoms with E-state index in [-0.39, 0.29) is 18.4 Å². The number of carbonyl (C=O) groups excluding carboxylic acids is 2. The molecule has 1 saturated heterocycles. The Morgan fingerprint density at radius 2 is 1.90 bits per heavy atom. The summed E-state index contributed by atoms with van der Waals surface area (Å²) in [5.41, 5.74) is 1.74. The van der Waals surface area contributed by atoms with Crippen molar-refractivity contribution in [2.75, 3.05) is 25.0 Å². The fourth-order valence-corrected chi connectivity index (χ4v) is 3.63. The van der Waals surface area contributed by atoms with Crippen LogP contribution in [0, 0.1) is 5.92 Å². The predicted molar refractivity (Wildman–Crippen MR) is 114 cm³/mol. The Kier molecular flexibility index (Phi) is 7.36. The van der Waals surface area contributed by atoms with Crippen LogP contribution < -0.4 is 10.6 Å². The normalized spacial score (nSPS) is 19.0. The van der Waals surface area contributed by atoms with Gasteiger partial charge in [-0.1, -0.05) is 61.0 Å². The van der Waals surface area contributed by atoms with E-state index >= 15 is 0 Å². The third-order valence-corrected chi connectivity index (χ3v) is 5.19. The SMILES string of the molecule is CC1C[C@H](NC(=O)OCc2ccccc2)C(=O)N(CCNc2ccccc2Cl)C1. The van der Waals surface area contributed by atoms with Gasteiger partial charge in [0.1, 0.15) is 12.6 Å². The maximum atomic E-state index is 12.8. The van der Waals surface area contributed by atoms with Gasteiger partial charge in [0, 0.05) is 19.6 Å². The van der Waals surface area contributed by atoms with Crippen LogP contribution in [0.5, 0.6) is 0 Å². The molecule has 0 aromatic heterocycles. The maximum absolute atomic E-state index is 12.8. The van der Waals surface area contributed by atoms with Gasteiger partial charge in [-0.2, -0.15) is 0 Å². The summed E-state index contributed by atoms with van der Waals surface area (Å²) in [5.74, 6) is 0.202. The standard InChI is InChI=1S/C22H26ClN3O3/c1-16-13-20(25-22(28)29-15-17-7-3-2-4-8-17)21(27)26(14-16)12-11-24-19-10-6-5-9-18(19)23/h2-10,16,20,24H,11-15H2,1H3,(H,25,28)/t16?,20-/m0/s1. The zero-order valence-corrected chi connectivity index (χ0v) is 17.2. The second-order valence-corrected chi connectivity index (χ2v) is 7.70. The molecule has 1 heterocycles. The quantitative estimate of drug-likeness (QED) is 0.719. The number of carbonyl (C=O) groups is 2. The largest absolute Gasteiger partial charge is 0.445 e. The number of anilines is 1. The topological polar surface area (TPSA) is 70.7 Å².